The zero-order chi connectivity index (χ0) is 12.4. The Morgan fingerprint density at radius 3 is 2.65 bits per heavy atom. The highest BCUT2D eigenvalue weighted by Gasteiger charge is 2.10. The number of carbonyl (C=O) groups is 1. The van der Waals surface area contributed by atoms with Crippen molar-refractivity contribution in [2.24, 2.45) is 7.05 Å². The molecule has 0 amide bonds. The van der Waals surface area contributed by atoms with Crippen LogP contribution in [0.2, 0.25) is 0 Å². The number of ether oxygens (including phenoxy) is 1. The van der Waals surface area contributed by atoms with Crippen molar-refractivity contribution in [2.45, 2.75) is 13.8 Å². The van der Waals surface area contributed by atoms with Crippen LogP contribution in [0.4, 0.5) is 0 Å². The van der Waals surface area contributed by atoms with Crippen LogP contribution >= 0.6 is 0 Å². The molecule has 1 aromatic carbocycles. The van der Waals surface area contributed by atoms with Gasteiger partial charge in [-0.2, -0.15) is 5.10 Å². The summed E-state index contributed by atoms with van der Waals surface area (Å²) in [5.74, 6) is 1.17. The summed E-state index contributed by atoms with van der Waals surface area (Å²) in [5, 5.41) is 4.19. The highest BCUT2D eigenvalue weighted by molar-refractivity contribution is 5.96. The van der Waals surface area contributed by atoms with E-state index in [2.05, 4.69) is 5.10 Å². The van der Waals surface area contributed by atoms with Crippen molar-refractivity contribution < 1.29 is 9.53 Å². The lowest BCUT2D eigenvalue weighted by molar-refractivity contribution is 0.101. The third kappa shape index (κ3) is 2.36. The average molecular weight is 230 g/mol. The Kier molecular flexibility index (Phi) is 2.95. The molecule has 0 spiro atoms. The SMILES string of the molecule is CC(=O)c1ccccc1Oc1cc(C)nn1C. The second-order valence-corrected chi connectivity index (χ2v) is 3.90. The summed E-state index contributed by atoms with van der Waals surface area (Å²) in [5.41, 5.74) is 1.45. The molecule has 0 radical (unpaired) electrons. The molecule has 1 heterocycles. The number of nitrogens with zero attached hydrogens (tertiary/aromatic N) is 2. The second-order valence-electron chi connectivity index (χ2n) is 3.90. The Balaban J connectivity index is 2.36. The molecule has 0 N–H and O–H groups in total. The van der Waals surface area contributed by atoms with Crippen LogP contribution in [0.5, 0.6) is 11.6 Å². The topological polar surface area (TPSA) is 44.1 Å². The number of hydrogen-bond acceptors (Lipinski definition) is 3. The molecule has 0 saturated heterocycles. The van der Waals surface area contributed by atoms with Gasteiger partial charge < -0.3 is 4.74 Å². The maximum Gasteiger partial charge on any atom is 0.217 e. The summed E-state index contributed by atoms with van der Waals surface area (Å²) in [6, 6.07) is 9.01. The molecule has 0 aliphatic rings. The summed E-state index contributed by atoms with van der Waals surface area (Å²) in [7, 11) is 1.80. The molecule has 0 aliphatic carbocycles. The number of para-hydroxylation sites is 1. The predicted octanol–water partition coefficient (Wildman–Crippen LogP) is 2.72. The Morgan fingerprint density at radius 2 is 2.06 bits per heavy atom. The maximum absolute atomic E-state index is 11.4. The van der Waals surface area contributed by atoms with E-state index < -0.39 is 0 Å². The Labute approximate surface area is 99.8 Å². The van der Waals surface area contributed by atoms with Crippen LogP contribution in [0, 0.1) is 6.92 Å². The van der Waals surface area contributed by atoms with Gasteiger partial charge in [-0.25, -0.2) is 4.68 Å². The van der Waals surface area contributed by atoms with E-state index in [1.807, 2.05) is 25.1 Å². The van der Waals surface area contributed by atoms with Crippen LogP contribution in [0.15, 0.2) is 30.3 Å². The van der Waals surface area contributed by atoms with Gasteiger partial charge in [0.2, 0.25) is 5.88 Å². The van der Waals surface area contributed by atoms with Crippen LogP contribution < -0.4 is 4.74 Å². The summed E-state index contributed by atoms with van der Waals surface area (Å²) < 4.78 is 7.35. The van der Waals surface area contributed by atoms with Crippen molar-refractivity contribution in [3.05, 3.63) is 41.6 Å². The summed E-state index contributed by atoms with van der Waals surface area (Å²) >= 11 is 0. The predicted molar refractivity (Wildman–Crippen MR) is 64.5 cm³/mol. The first kappa shape index (κ1) is 11.4. The summed E-state index contributed by atoms with van der Waals surface area (Å²) in [6.45, 7) is 3.42. The van der Waals surface area contributed by atoms with Crippen molar-refractivity contribution in [3.8, 4) is 11.6 Å². The normalized spacial score (nSPS) is 10.3. The van der Waals surface area contributed by atoms with Gasteiger partial charge in [0.25, 0.3) is 0 Å². The molecule has 1 aromatic heterocycles. The molecule has 88 valence electrons. The Hall–Kier alpha value is -2.10. The van der Waals surface area contributed by atoms with Crippen molar-refractivity contribution in [1.29, 1.82) is 0 Å². The van der Waals surface area contributed by atoms with Gasteiger partial charge in [0.15, 0.2) is 5.78 Å². The van der Waals surface area contributed by atoms with E-state index >= 15 is 0 Å². The van der Waals surface area contributed by atoms with Crippen LogP contribution in [0.3, 0.4) is 0 Å². The van der Waals surface area contributed by atoms with Gasteiger partial charge in [0.05, 0.1) is 11.3 Å². The minimum atomic E-state index is -0.0144. The number of Topliss-reactive ketones (excluding diaryl/α,β-unsaturated/α-hetero) is 1. The second kappa shape index (κ2) is 4.41. The molecule has 0 aliphatic heterocycles. The van der Waals surface area contributed by atoms with Gasteiger partial charge >= 0.3 is 0 Å². The number of rotatable bonds is 3. The smallest absolute Gasteiger partial charge is 0.217 e. The lowest BCUT2D eigenvalue weighted by atomic mass is 10.1. The number of benzene rings is 1. The molecule has 17 heavy (non-hydrogen) atoms. The van der Waals surface area contributed by atoms with E-state index in [0.717, 1.165) is 5.69 Å². The number of hydrogen-bond donors (Lipinski definition) is 0. The number of carbonyl (C=O) groups excluding carboxylic acids is 1. The summed E-state index contributed by atoms with van der Waals surface area (Å²) in [4.78, 5) is 11.4. The molecule has 4 heteroatoms. The van der Waals surface area contributed by atoms with E-state index in [0.29, 0.717) is 17.2 Å². The highest BCUT2D eigenvalue weighted by atomic mass is 16.5. The number of aryl methyl sites for hydroxylation is 2. The monoisotopic (exact) mass is 230 g/mol. The minimum Gasteiger partial charge on any atom is -0.439 e. The van der Waals surface area contributed by atoms with Gasteiger partial charge in [0, 0.05) is 13.1 Å². The van der Waals surface area contributed by atoms with Gasteiger partial charge in [-0.05, 0) is 26.0 Å². The lowest BCUT2D eigenvalue weighted by Gasteiger charge is -2.08. The fourth-order valence-corrected chi connectivity index (χ4v) is 1.64. The molecule has 0 atom stereocenters. The Bertz CT molecular complexity index is 558. The van der Waals surface area contributed by atoms with Crippen LogP contribution in [0.25, 0.3) is 0 Å². The quantitative estimate of drug-likeness (QED) is 0.761. The van der Waals surface area contributed by atoms with Gasteiger partial charge in [-0.3, -0.25) is 4.79 Å². The van der Waals surface area contributed by atoms with Gasteiger partial charge in [-0.15, -0.1) is 0 Å². The molecule has 4 nitrogen and oxygen atoms in total. The number of ketones is 1. The molecular weight excluding hydrogens is 216 g/mol. The highest BCUT2D eigenvalue weighted by Crippen LogP contribution is 2.25. The Morgan fingerprint density at radius 1 is 1.35 bits per heavy atom. The van der Waals surface area contributed by atoms with E-state index in [9.17, 15) is 4.79 Å². The molecule has 2 rings (SSSR count). The molecule has 0 saturated carbocycles. The molecule has 0 unspecified atom stereocenters. The molecule has 2 aromatic rings. The van der Waals surface area contributed by atoms with Crippen molar-refractivity contribution >= 4 is 5.78 Å². The maximum atomic E-state index is 11.4. The molecule has 0 fully saturated rings. The zero-order valence-corrected chi connectivity index (χ0v) is 10.1. The zero-order valence-electron chi connectivity index (χ0n) is 10.1. The van der Waals surface area contributed by atoms with Crippen molar-refractivity contribution in [1.82, 2.24) is 9.78 Å². The van der Waals surface area contributed by atoms with E-state index in [1.54, 1.807) is 23.9 Å². The lowest BCUT2D eigenvalue weighted by Crippen LogP contribution is -2.00. The summed E-state index contributed by atoms with van der Waals surface area (Å²) in [6.07, 6.45) is 0. The van der Waals surface area contributed by atoms with Gasteiger partial charge in [0.1, 0.15) is 5.75 Å². The fraction of sp³-hybridized carbons (Fsp3) is 0.231. The third-order valence-electron chi connectivity index (χ3n) is 2.44. The standard InChI is InChI=1S/C13H14N2O2/c1-9-8-13(15(3)14-9)17-12-7-5-4-6-11(12)10(2)16/h4-8H,1-3H3. The van der Waals surface area contributed by atoms with Crippen molar-refractivity contribution in [3.63, 3.8) is 0 Å². The average Bonchev–Trinajstić information content (AvgIpc) is 2.58. The molecular formula is C13H14N2O2. The van der Waals surface area contributed by atoms with E-state index in [-0.39, 0.29) is 5.78 Å². The van der Waals surface area contributed by atoms with Crippen LogP contribution in [-0.2, 0) is 7.05 Å². The van der Waals surface area contributed by atoms with Crippen LogP contribution in [-0.4, -0.2) is 15.6 Å². The first-order chi connectivity index (χ1) is 8.08. The molecule has 0 bridgehead atoms. The van der Waals surface area contributed by atoms with E-state index in [4.69, 9.17) is 4.74 Å². The number of aromatic nitrogens is 2. The van der Waals surface area contributed by atoms with Crippen LogP contribution in [0.1, 0.15) is 23.0 Å². The van der Waals surface area contributed by atoms with Crippen molar-refractivity contribution in [2.75, 3.05) is 0 Å². The fourth-order valence-electron chi connectivity index (χ4n) is 1.64. The minimum absolute atomic E-state index is 0.0144. The van der Waals surface area contributed by atoms with Gasteiger partial charge in [-0.1, -0.05) is 12.1 Å². The van der Waals surface area contributed by atoms with E-state index in [1.165, 1.54) is 6.92 Å². The largest absolute Gasteiger partial charge is 0.439 e. The first-order valence-electron chi connectivity index (χ1n) is 5.36. The third-order valence-corrected chi connectivity index (χ3v) is 2.44. The first-order valence-corrected chi connectivity index (χ1v) is 5.36.